The number of benzene rings is 1. The summed E-state index contributed by atoms with van der Waals surface area (Å²) >= 11 is 0. The molecule has 0 spiro atoms. The Labute approximate surface area is 219 Å². The molecule has 4 N–H and O–H groups in total. The summed E-state index contributed by atoms with van der Waals surface area (Å²) in [7, 11) is 1.52. The van der Waals surface area contributed by atoms with Crippen LogP contribution in [-0.2, 0) is 14.3 Å². The second-order valence-electron chi connectivity index (χ2n) is 10.9. The Morgan fingerprint density at radius 2 is 1.78 bits per heavy atom. The number of rotatable bonds is 9. The topological polar surface area (TPSA) is 132 Å². The molecule has 1 aliphatic heterocycles. The van der Waals surface area contributed by atoms with Gasteiger partial charge in [-0.05, 0) is 83.9 Å². The molecule has 0 aromatic heterocycles. The van der Waals surface area contributed by atoms with Crippen LogP contribution in [0.4, 0.5) is 10.5 Å². The molecule has 206 valence electrons. The number of ether oxygens (including phenoxy) is 3. The lowest BCUT2D eigenvalue weighted by molar-refractivity contribution is -0.151. The number of hydrogen-bond acceptors (Lipinski definition) is 8. The number of carbonyl (C=O) groups excluding carboxylic acids is 3. The number of piperidine rings is 1. The first-order valence-corrected chi connectivity index (χ1v) is 13.2. The Hall–Kier alpha value is -3.01. The zero-order chi connectivity index (χ0) is 27.0. The van der Waals surface area contributed by atoms with Crippen LogP contribution in [0.15, 0.2) is 18.2 Å². The average Bonchev–Trinajstić information content (AvgIpc) is 3.34. The lowest BCUT2D eigenvalue weighted by Gasteiger charge is -2.33. The molecule has 3 rings (SSSR count). The van der Waals surface area contributed by atoms with E-state index in [9.17, 15) is 14.4 Å². The van der Waals surface area contributed by atoms with Gasteiger partial charge in [-0.15, -0.1) is 0 Å². The lowest BCUT2D eigenvalue weighted by Crippen LogP contribution is -2.48. The lowest BCUT2D eigenvalue weighted by atomic mass is 10.0. The molecule has 0 radical (unpaired) electrons. The summed E-state index contributed by atoms with van der Waals surface area (Å²) in [5.74, 6) is -0.0876. The van der Waals surface area contributed by atoms with Gasteiger partial charge in [-0.2, -0.15) is 0 Å². The minimum absolute atomic E-state index is 0.0512. The molecule has 0 unspecified atom stereocenters. The summed E-state index contributed by atoms with van der Waals surface area (Å²) in [6, 6.07) is 4.27. The van der Waals surface area contributed by atoms with E-state index in [0.29, 0.717) is 30.0 Å². The third-order valence-electron chi connectivity index (χ3n) is 6.71. The second-order valence-corrected chi connectivity index (χ2v) is 10.9. The fraction of sp³-hybridized carbons (Fsp3) is 0.667. The van der Waals surface area contributed by atoms with Gasteiger partial charge in [0.05, 0.1) is 12.8 Å². The zero-order valence-electron chi connectivity index (χ0n) is 22.5. The number of nitrogen functional groups attached to an aromatic ring is 1. The highest BCUT2D eigenvalue weighted by molar-refractivity contribution is 5.95. The highest BCUT2D eigenvalue weighted by Crippen LogP contribution is 2.23. The van der Waals surface area contributed by atoms with E-state index in [0.717, 1.165) is 51.6 Å². The monoisotopic (exact) mass is 518 g/mol. The highest BCUT2D eigenvalue weighted by Gasteiger charge is 2.30. The number of nitrogens with zero attached hydrogens (tertiary/aromatic N) is 1. The molecule has 2 fully saturated rings. The molecule has 1 aromatic rings. The van der Waals surface area contributed by atoms with Crippen molar-refractivity contribution in [1.29, 1.82) is 0 Å². The number of hydrogen-bond donors (Lipinski definition) is 3. The van der Waals surface area contributed by atoms with E-state index in [1.165, 1.54) is 7.11 Å². The molecule has 1 saturated carbocycles. The van der Waals surface area contributed by atoms with Gasteiger partial charge >= 0.3 is 12.1 Å². The second kappa shape index (κ2) is 13.0. The molecule has 37 heavy (non-hydrogen) atoms. The quantitative estimate of drug-likeness (QED) is 0.335. The first kappa shape index (κ1) is 28.6. The van der Waals surface area contributed by atoms with Crippen LogP contribution in [0, 0.1) is 0 Å². The molecule has 0 bridgehead atoms. The average molecular weight is 519 g/mol. The normalized spacial score (nSPS) is 18.2. The van der Waals surface area contributed by atoms with Crippen molar-refractivity contribution in [3.05, 3.63) is 23.8 Å². The summed E-state index contributed by atoms with van der Waals surface area (Å²) in [6.07, 6.45) is 5.15. The molecule has 1 aromatic carbocycles. The zero-order valence-corrected chi connectivity index (χ0v) is 22.5. The number of methoxy groups -OCH3 is 1. The molecule has 10 nitrogen and oxygen atoms in total. The van der Waals surface area contributed by atoms with Gasteiger partial charge < -0.3 is 35.5 Å². The van der Waals surface area contributed by atoms with Gasteiger partial charge in [-0.1, -0.05) is 0 Å². The van der Waals surface area contributed by atoms with E-state index in [1.807, 2.05) is 0 Å². The van der Waals surface area contributed by atoms with Crippen LogP contribution in [0.2, 0.25) is 0 Å². The summed E-state index contributed by atoms with van der Waals surface area (Å²) in [5, 5.41) is 5.80. The van der Waals surface area contributed by atoms with Gasteiger partial charge in [0, 0.05) is 31.2 Å². The van der Waals surface area contributed by atoms with Gasteiger partial charge in [0.1, 0.15) is 23.5 Å². The number of alkyl carbamates (subject to hydrolysis) is 1. The molecule has 1 heterocycles. The molecule has 1 aliphatic carbocycles. The summed E-state index contributed by atoms with van der Waals surface area (Å²) < 4.78 is 16.3. The van der Waals surface area contributed by atoms with Crippen LogP contribution in [0.1, 0.15) is 76.1 Å². The van der Waals surface area contributed by atoms with Crippen molar-refractivity contribution in [2.45, 2.75) is 89.5 Å². The Balaban J connectivity index is 1.48. The minimum atomic E-state index is -0.770. The first-order chi connectivity index (χ1) is 17.5. The van der Waals surface area contributed by atoms with E-state index < -0.39 is 23.7 Å². The number of esters is 1. The number of nitrogens with one attached hydrogen (secondary N) is 2. The number of amides is 2. The van der Waals surface area contributed by atoms with E-state index in [2.05, 4.69) is 15.5 Å². The van der Waals surface area contributed by atoms with E-state index in [4.69, 9.17) is 19.9 Å². The molecule has 2 aliphatic rings. The minimum Gasteiger partial charge on any atom is -0.495 e. The maximum atomic E-state index is 12.9. The smallest absolute Gasteiger partial charge is 0.408 e. The van der Waals surface area contributed by atoms with Crippen molar-refractivity contribution in [1.82, 2.24) is 15.5 Å². The first-order valence-electron chi connectivity index (χ1n) is 13.2. The van der Waals surface area contributed by atoms with Crippen molar-refractivity contribution >= 4 is 23.7 Å². The molecule has 10 heteroatoms. The summed E-state index contributed by atoms with van der Waals surface area (Å²) in [5.41, 5.74) is 6.17. The van der Waals surface area contributed by atoms with Gasteiger partial charge in [-0.25, -0.2) is 9.59 Å². The van der Waals surface area contributed by atoms with E-state index in [1.54, 1.807) is 39.0 Å². The predicted molar refractivity (Wildman–Crippen MR) is 140 cm³/mol. The Morgan fingerprint density at radius 3 is 2.41 bits per heavy atom. The number of carbonyl (C=O) groups is 3. The SMILES string of the molecule is COc1cc(C(=O)NC2CCN(CC[C@H](NC(=O)OC(C)(C)C)C(=O)OC3CCCC3)CC2)ccc1N. The van der Waals surface area contributed by atoms with Crippen LogP contribution >= 0.6 is 0 Å². The van der Waals surface area contributed by atoms with Crippen molar-refractivity contribution in [2.75, 3.05) is 32.5 Å². The Morgan fingerprint density at radius 1 is 1.11 bits per heavy atom. The molecule has 2 amide bonds. The summed E-state index contributed by atoms with van der Waals surface area (Å²) in [6.45, 7) is 7.51. The van der Waals surface area contributed by atoms with Crippen LogP contribution < -0.4 is 21.1 Å². The highest BCUT2D eigenvalue weighted by atomic mass is 16.6. The number of anilines is 1. The van der Waals surface area contributed by atoms with Crippen molar-refractivity contribution in [3.8, 4) is 5.75 Å². The van der Waals surface area contributed by atoms with Gasteiger partial charge in [-0.3, -0.25) is 4.79 Å². The molecule has 1 saturated heterocycles. The van der Waals surface area contributed by atoms with Crippen molar-refractivity contribution in [3.63, 3.8) is 0 Å². The molecule has 1 atom stereocenters. The van der Waals surface area contributed by atoms with Crippen molar-refractivity contribution in [2.24, 2.45) is 0 Å². The molecular weight excluding hydrogens is 476 g/mol. The third kappa shape index (κ3) is 9.10. The Kier molecular flexibility index (Phi) is 10.0. The maximum Gasteiger partial charge on any atom is 0.408 e. The van der Waals surface area contributed by atoms with Crippen molar-refractivity contribution < 1.29 is 28.6 Å². The fourth-order valence-electron chi connectivity index (χ4n) is 4.69. The van der Waals surface area contributed by atoms with E-state index >= 15 is 0 Å². The van der Waals surface area contributed by atoms with Gasteiger partial charge in [0.2, 0.25) is 0 Å². The fourth-order valence-corrected chi connectivity index (χ4v) is 4.69. The van der Waals surface area contributed by atoms with Crippen LogP contribution in [0.5, 0.6) is 5.75 Å². The number of nitrogens with two attached hydrogens (primary N) is 1. The Bertz CT molecular complexity index is 933. The van der Waals surface area contributed by atoms with Gasteiger partial charge in [0.25, 0.3) is 5.91 Å². The number of likely N-dealkylation sites (tertiary alicyclic amines) is 1. The standard InChI is InChI=1S/C27H42N4O6/c1-27(2,3)37-26(34)30-22(25(33)36-20-7-5-6-8-20)13-16-31-14-11-19(12-15-31)29-24(32)18-9-10-21(28)23(17-18)35-4/h9-10,17,19-20,22H,5-8,11-16,28H2,1-4H3,(H,29,32)(H,30,34)/t22-/m0/s1. The van der Waals surface area contributed by atoms with Crippen LogP contribution in [0.25, 0.3) is 0 Å². The van der Waals surface area contributed by atoms with Crippen LogP contribution in [-0.4, -0.2) is 73.4 Å². The van der Waals surface area contributed by atoms with Crippen LogP contribution in [0.3, 0.4) is 0 Å². The van der Waals surface area contributed by atoms with E-state index in [-0.39, 0.29) is 18.1 Å². The predicted octanol–water partition coefficient (Wildman–Crippen LogP) is 3.24. The summed E-state index contributed by atoms with van der Waals surface area (Å²) in [4.78, 5) is 40.2. The maximum absolute atomic E-state index is 12.9. The van der Waals surface area contributed by atoms with Gasteiger partial charge in [0.15, 0.2) is 0 Å². The largest absolute Gasteiger partial charge is 0.495 e. The molecular formula is C27H42N4O6. The third-order valence-corrected chi connectivity index (χ3v) is 6.71.